The summed E-state index contributed by atoms with van der Waals surface area (Å²) in [6.45, 7) is -0.442. The first-order chi connectivity index (χ1) is 8.87. The van der Waals surface area contributed by atoms with Gasteiger partial charge in [0.1, 0.15) is 12.7 Å². The van der Waals surface area contributed by atoms with Crippen LogP contribution in [0.3, 0.4) is 0 Å². The fourth-order valence-electron chi connectivity index (χ4n) is 3.62. The van der Waals surface area contributed by atoms with Crippen LogP contribution in [0.1, 0.15) is 12.8 Å². The van der Waals surface area contributed by atoms with Crippen LogP contribution < -0.4 is 0 Å². The molecular formula is C11H13O7S-. The molecule has 0 aromatic carbocycles. The first-order valence-electron chi connectivity index (χ1n) is 6.17. The Hall–Kier alpha value is -1.15. The quantitative estimate of drug-likeness (QED) is 0.495. The number of rotatable bonds is 4. The van der Waals surface area contributed by atoms with E-state index in [1.807, 2.05) is 0 Å². The number of carbonyl (C=O) groups is 2. The molecule has 3 fully saturated rings. The Morgan fingerprint density at radius 1 is 1.42 bits per heavy atom. The van der Waals surface area contributed by atoms with E-state index in [1.165, 1.54) is 0 Å². The summed E-state index contributed by atoms with van der Waals surface area (Å²) in [5.41, 5.74) is 0. The Morgan fingerprint density at radius 3 is 2.84 bits per heavy atom. The van der Waals surface area contributed by atoms with E-state index in [0.717, 1.165) is 6.42 Å². The second-order valence-corrected chi connectivity index (χ2v) is 6.88. The standard InChI is InChI=1S/C11H14O7S/c12-10-7-4-5-3-6(7)9(18-10)8(5)11(13)17-1-2-19(14,15)16/h5-9H,1-4H2,(H,14,15,16)/p-1. The van der Waals surface area contributed by atoms with Gasteiger partial charge in [0.05, 0.1) is 27.7 Å². The van der Waals surface area contributed by atoms with Gasteiger partial charge in [-0.1, -0.05) is 0 Å². The maximum absolute atomic E-state index is 11.9. The molecular weight excluding hydrogens is 276 g/mol. The minimum Gasteiger partial charge on any atom is -0.748 e. The van der Waals surface area contributed by atoms with Gasteiger partial charge in [-0.2, -0.15) is 0 Å². The van der Waals surface area contributed by atoms with Crippen LogP contribution in [-0.4, -0.2) is 43.4 Å². The topological polar surface area (TPSA) is 110 Å². The van der Waals surface area contributed by atoms with Crippen molar-refractivity contribution >= 4 is 22.1 Å². The Kier molecular flexibility index (Phi) is 2.82. The number of carbonyl (C=O) groups excluding carboxylic acids is 2. The summed E-state index contributed by atoms with van der Waals surface area (Å²) in [6, 6.07) is 0. The van der Waals surface area contributed by atoms with E-state index in [1.54, 1.807) is 0 Å². The Balaban J connectivity index is 1.61. The third kappa shape index (κ3) is 2.12. The molecule has 19 heavy (non-hydrogen) atoms. The molecule has 106 valence electrons. The molecule has 5 unspecified atom stereocenters. The minimum atomic E-state index is -4.39. The summed E-state index contributed by atoms with van der Waals surface area (Å²) in [6.07, 6.45) is 0.993. The van der Waals surface area contributed by atoms with Crippen LogP contribution in [-0.2, 0) is 29.2 Å². The SMILES string of the molecule is O=C1OC2C3CC(CC13)C2C(=O)OCCS(=O)(=O)[O-]. The van der Waals surface area contributed by atoms with Crippen molar-refractivity contribution in [3.63, 3.8) is 0 Å². The molecule has 0 amide bonds. The van der Waals surface area contributed by atoms with Crippen molar-refractivity contribution < 1.29 is 32.0 Å². The van der Waals surface area contributed by atoms with Crippen molar-refractivity contribution in [1.29, 1.82) is 0 Å². The van der Waals surface area contributed by atoms with E-state index in [-0.39, 0.29) is 23.7 Å². The summed E-state index contributed by atoms with van der Waals surface area (Å²) in [5, 5.41) is 0. The van der Waals surface area contributed by atoms with Gasteiger partial charge in [-0.15, -0.1) is 0 Å². The van der Waals surface area contributed by atoms with Crippen LogP contribution in [0.5, 0.6) is 0 Å². The third-order valence-electron chi connectivity index (χ3n) is 4.34. The molecule has 0 aromatic rings. The normalized spacial score (nSPS) is 39.4. The molecule has 2 aliphatic carbocycles. The van der Waals surface area contributed by atoms with Gasteiger partial charge in [-0.3, -0.25) is 9.59 Å². The van der Waals surface area contributed by atoms with E-state index in [4.69, 9.17) is 9.47 Å². The van der Waals surface area contributed by atoms with E-state index >= 15 is 0 Å². The smallest absolute Gasteiger partial charge is 0.313 e. The molecule has 2 saturated carbocycles. The lowest BCUT2D eigenvalue weighted by molar-refractivity contribution is -0.156. The zero-order chi connectivity index (χ0) is 13.8. The summed E-state index contributed by atoms with van der Waals surface area (Å²) < 4.78 is 41.3. The molecule has 2 bridgehead atoms. The number of fused-ring (bicyclic) bond motifs is 1. The summed E-state index contributed by atoms with van der Waals surface area (Å²) in [4.78, 5) is 23.4. The number of esters is 2. The van der Waals surface area contributed by atoms with Gasteiger partial charge in [0.2, 0.25) is 0 Å². The van der Waals surface area contributed by atoms with Crippen LogP contribution in [0, 0.1) is 23.7 Å². The number of hydrogen-bond acceptors (Lipinski definition) is 7. The zero-order valence-corrected chi connectivity index (χ0v) is 10.8. The molecule has 8 heteroatoms. The molecule has 0 radical (unpaired) electrons. The van der Waals surface area contributed by atoms with Gasteiger partial charge in [0.15, 0.2) is 0 Å². The highest BCUT2D eigenvalue weighted by molar-refractivity contribution is 7.85. The summed E-state index contributed by atoms with van der Waals surface area (Å²) in [7, 11) is -4.39. The highest BCUT2D eigenvalue weighted by Crippen LogP contribution is 2.57. The average molecular weight is 289 g/mol. The monoisotopic (exact) mass is 289 g/mol. The lowest BCUT2D eigenvalue weighted by atomic mass is 9.82. The lowest BCUT2D eigenvalue weighted by Crippen LogP contribution is -2.35. The molecule has 3 rings (SSSR count). The second kappa shape index (κ2) is 4.17. The average Bonchev–Trinajstić information content (AvgIpc) is 2.87. The molecule has 7 nitrogen and oxygen atoms in total. The maximum atomic E-state index is 11.9. The van der Waals surface area contributed by atoms with Gasteiger partial charge < -0.3 is 14.0 Å². The Labute approximate surface area is 110 Å². The van der Waals surface area contributed by atoms with Crippen molar-refractivity contribution in [1.82, 2.24) is 0 Å². The van der Waals surface area contributed by atoms with Gasteiger partial charge in [0, 0.05) is 5.92 Å². The zero-order valence-electron chi connectivity index (χ0n) is 9.98. The van der Waals surface area contributed by atoms with Crippen molar-refractivity contribution in [2.45, 2.75) is 18.9 Å². The highest BCUT2D eigenvalue weighted by Gasteiger charge is 2.64. The first-order valence-corrected chi connectivity index (χ1v) is 7.75. The number of ether oxygens (including phenoxy) is 2. The molecule has 0 aromatic heterocycles. The van der Waals surface area contributed by atoms with Crippen LogP contribution >= 0.6 is 0 Å². The van der Waals surface area contributed by atoms with E-state index in [2.05, 4.69) is 0 Å². The van der Waals surface area contributed by atoms with Gasteiger partial charge in [-0.25, -0.2) is 8.42 Å². The molecule has 1 heterocycles. The second-order valence-electron chi connectivity index (χ2n) is 5.36. The molecule has 1 saturated heterocycles. The predicted octanol–water partition coefficient (Wildman–Crippen LogP) is -0.728. The van der Waals surface area contributed by atoms with E-state index < -0.39 is 40.5 Å². The Morgan fingerprint density at radius 2 is 2.16 bits per heavy atom. The van der Waals surface area contributed by atoms with E-state index in [9.17, 15) is 22.6 Å². The van der Waals surface area contributed by atoms with Crippen LogP contribution in [0.15, 0.2) is 0 Å². The van der Waals surface area contributed by atoms with Crippen molar-refractivity contribution in [3.05, 3.63) is 0 Å². The van der Waals surface area contributed by atoms with Crippen LogP contribution in [0.4, 0.5) is 0 Å². The van der Waals surface area contributed by atoms with Gasteiger partial charge in [-0.05, 0) is 18.8 Å². The third-order valence-corrected chi connectivity index (χ3v) is 5.00. The first kappa shape index (κ1) is 12.9. The van der Waals surface area contributed by atoms with Gasteiger partial charge in [0.25, 0.3) is 0 Å². The molecule has 5 atom stereocenters. The minimum absolute atomic E-state index is 0.0720. The van der Waals surface area contributed by atoms with Crippen molar-refractivity contribution in [2.24, 2.45) is 23.7 Å². The highest BCUT2D eigenvalue weighted by atomic mass is 32.2. The van der Waals surface area contributed by atoms with Crippen molar-refractivity contribution in [3.8, 4) is 0 Å². The largest absolute Gasteiger partial charge is 0.748 e. The Bertz CT molecular complexity index is 525. The predicted molar refractivity (Wildman–Crippen MR) is 58.6 cm³/mol. The number of hydrogen-bond donors (Lipinski definition) is 0. The van der Waals surface area contributed by atoms with Crippen LogP contribution in [0.25, 0.3) is 0 Å². The van der Waals surface area contributed by atoms with Crippen molar-refractivity contribution in [2.75, 3.05) is 12.4 Å². The molecule has 0 spiro atoms. The summed E-state index contributed by atoms with van der Waals surface area (Å²) in [5.74, 6) is -1.94. The fraction of sp³-hybridized carbons (Fsp3) is 0.818. The van der Waals surface area contributed by atoms with Crippen LogP contribution in [0.2, 0.25) is 0 Å². The molecule has 1 aliphatic heterocycles. The summed E-state index contributed by atoms with van der Waals surface area (Å²) >= 11 is 0. The molecule has 3 aliphatic rings. The lowest BCUT2D eigenvalue weighted by Gasteiger charge is -2.23. The van der Waals surface area contributed by atoms with E-state index in [0.29, 0.717) is 6.42 Å². The molecule has 0 N–H and O–H groups in total. The fourth-order valence-corrected chi connectivity index (χ4v) is 3.91. The van der Waals surface area contributed by atoms with Gasteiger partial charge >= 0.3 is 11.9 Å². The maximum Gasteiger partial charge on any atom is 0.313 e.